The van der Waals surface area contributed by atoms with Gasteiger partial charge in [0, 0.05) is 32.4 Å². The number of rotatable bonds is 6. The summed E-state index contributed by atoms with van der Waals surface area (Å²) in [5.74, 6) is -0.535. The van der Waals surface area contributed by atoms with Crippen molar-refractivity contribution in [3.05, 3.63) is 59.2 Å². The first-order valence-corrected chi connectivity index (χ1v) is 13.2. The number of benzene rings is 2. The van der Waals surface area contributed by atoms with E-state index in [0.717, 1.165) is 17.7 Å². The van der Waals surface area contributed by atoms with Crippen molar-refractivity contribution in [2.24, 2.45) is 5.92 Å². The summed E-state index contributed by atoms with van der Waals surface area (Å²) in [6.45, 7) is 6.73. The van der Waals surface area contributed by atoms with Gasteiger partial charge >= 0.3 is 0 Å². The molecule has 2 aliphatic heterocycles. The Morgan fingerprint density at radius 1 is 1.18 bits per heavy atom. The van der Waals surface area contributed by atoms with Crippen molar-refractivity contribution in [1.82, 2.24) is 9.62 Å². The molecule has 0 aliphatic carbocycles. The Bertz CT molecular complexity index is 1220. The minimum Gasteiger partial charge on any atom is -0.355 e. The number of likely N-dealkylation sites (N-methyl/N-ethyl adjacent to an activating group) is 1. The Hall–Kier alpha value is -2.71. The standard InChI is InChI=1S/C26H33N3O4S/c1-18-7-5-8-19(15-18)12-13-27-24(30)20-9-6-14-29(17-20)34(32,33)21-10-11-23-22(16-21)26(2,3)25(31)28(23)4/h5,7-8,10-11,15-16,20H,6,9,12-14,17H2,1-4H3,(H,27,30)/t20-/m0/s1. The van der Waals surface area contributed by atoms with Gasteiger partial charge in [-0.25, -0.2) is 8.42 Å². The Kier molecular flexibility index (Phi) is 6.57. The highest BCUT2D eigenvalue weighted by Crippen LogP contribution is 2.42. The number of sulfonamides is 1. The number of fused-ring (bicyclic) bond motifs is 1. The molecule has 0 bridgehead atoms. The van der Waals surface area contributed by atoms with Gasteiger partial charge in [0.05, 0.1) is 16.2 Å². The van der Waals surface area contributed by atoms with E-state index in [-0.39, 0.29) is 29.2 Å². The zero-order valence-corrected chi connectivity index (χ0v) is 21.1. The fraction of sp³-hybridized carbons (Fsp3) is 0.462. The van der Waals surface area contributed by atoms with Crippen molar-refractivity contribution in [1.29, 1.82) is 0 Å². The lowest BCUT2D eigenvalue weighted by atomic mass is 9.86. The van der Waals surface area contributed by atoms with Crippen LogP contribution in [0.15, 0.2) is 47.4 Å². The zero-order chi connectivity index (χ0) is 24.7. The van der Waals surface area contributed by atoms with E-state index >= 15 is 0 Å². The SMILES string of the molecule is Cc1cccc(CCNC(=O)[C@H]2CCCN(S(=O)(=O)c3ccc4c(c3)C(C)(C)C(=O)N4C)C2)c1. The van der Waals surface area contributed by atoms with Crippen LogP contribution in [0.1, 0.15) is 43.4 Å². The van der Waals surface area contributed by atoms with Crippen molar-refractivity contribution in [3.63, 3.8) is 0 Å². The maximum atomic E-state index is 13.5. The number of anilines is 1. The predicted octanol–water partition coefficient (Wildman–Crippen LogP) is 3.01. The molecule has 0 unspecified atom stereocenters. The highest BCUT2D eigenvalue weighted by Gasteiger charge is 2.43. The van der Waals surface area contributed by atoms with Crippen LogP contribution in [0.25, 0.3) is 0 Å². The second kappa shape index (κ2) is 9.15. The summed E-state index contributed by atoms with van der Waals surface area (Å²) in [6, 6.07) is 13.1. The van der Waals surface area contributed by atoms with E-state index < -0.39 is 15.4 Å². The van der Waals surface area contributed by atoms with E-state index in [0.29, 0.717) is 31.5 Å². The maximum absolute atomic E-state index is 13.5. The maximum Gasteiger partial charge on any atom is 0.243 e. The molecule has 0 saturated carbocycles. The topological polar surface area (TPSA) is 86.8 Å². The van der Waals surface area contributed by atoms with Crippen LogP contribution in [-0.2, 0) is 31.4 Å². The number of carbonyl (C=O) groups excluding carboxylic acids is 2. The van der Waals surface area contributed by atoms with E-state index in [1.807, 2.05) is 39.0 Å². The van der Waals surface area contributed by atoms with Gasteiger partial charge < -0.3 is 10.2 Å². The Balaban J connectivity index is 1.44. The van der Waals surface area contributed by atoms with Gasteiger partial charge in [-0.05, 0) is 69.4 Å². The molecule has 0 spiro atoms. The van der Waals surface area contributed by atoms with Crippen LogP contribution in [0.2, 0.25) is 0 Å². The van der Waals surface area contributed by atoms with Crippen molar-refractivity contribution in [2.75, 3.05) is 31.6 Å². The molecule has 2 aliphatic rings. The molecular weight excluding hydrogens is 450 g/mol. The number of amides is 2. The number of nitrogens with one attached hydrogen (secondary N) is 1. The molecule has 0 radical (unpaired) electrons. The number of piperidine rings is 1. The number of aryl methyl sites for hydroxylation is 1. The lowest BCUT2D eigenvalue weighted by molar-refractivity contribution is -0.126. The van der Waals surface area contributed by atoms with Crippen molar-refractivity contribution in [3.8, 4) is 0 Å². The summed E-state index contributed by atoms with van der Waals surface area (Å²) in [5.41, 5.74) is 3.01. The lowest BCUT2D eigenvalue weighted by Gasteiger charge is -2.31. The molecular formula is C26H33N3O4S. The van der Waals surface area contributed by atoms with Gasteiger partial charge in [-0.1, -0.05) is 29.8 Å². The van der Waals surface area contributed by atoms with Crippen molar-refractivity contribution < 1.29 is 18.0 Å². The summed E-state index contributed by atoms with van der Waals surface area (Å²) in [4.78, 5) is 27.1. The number of hydrogen-bond acceptors (Lipinski definition) is 4. The number of nitrogens with zero attached hydrogens (tertiary/aromatic N) is 2. The average molecular weight is 484 g/mol. The van der Waals surface area contributed by atoms with Gasteiger partial charge in [0.2, 0.25) is 21.8 Å². The Morgan fingerprint density at radius 2 is 1.94 bits per heavy atom. The van der Waals surface area contributed by atoms with Gasteiger partial charge in [0.1, 0.15) is 0 Å². The predicted molar refractivity (Wildman–Crippen MR) is 132 cm³/mol. The van der Waals surface area contributed by atoms with Crippen LogP contribution in [0.3, 0.4) is 0 Å². The molecule has 1 N–H and O–H groups in total. The van der Waals surface area contributed by atoms with E-state index in [2.05, 4.69) is 11.4 Å². The van der Waals surface area contributed by atoms with Crippen LogP contribution < -0.4 is 10.2 Å². The minimum atomic E-state index is -3.78. The third-order valence-corrected chi connectivity index (χ3v) is 8.89. The summed E-state index contributed by atoms with van der Waals surface area (Å²) in [7, 11) is -2.07. The molecule has 2 aromatic rings. The van der Waals surface area contributed by atoms with E-state index in [9.17, 15) is 18.0 Å². The molecule has 7 nitrogen and oxygen atoms in total. The largest absolute Gasteiger partial charge is 0.355 e. The molecule has 8 heteroatoms. The normalized spacial score (nSPS) is 20.3. The molecule has 34 heavy (non-hydrogen) atoms. The quantitative estimate of drug-likeness (QED) is 0.684. The van der Waals surface area contributed by atoms with Crippen LogP contribution >= 0.6 is 0 Å². The highest BCUT2D eigenvalue weighted by molar-refractivity contribution is 7.89. The first-order valence-electron chi connectivity index (χ1n) is 11.8. The minimum absolute atomic E-state index is 0.0579. The molecule has 4 rings (SSSR count). The van der Waals surface area contributed by atoms with Gasteiger partial charge in [0.25, 0.3) is 0 Å². The third-order valence-electron chi connectivity index (χ3n) is 7.03. The second-order valence-electron chi connectivity index (χ2n) is 9.90. The van der Waals surface area contributed by atoms with E-state index in [1.54, 1.807) is 30.1 Å². The molecule has 182 valence electrons. The average Bonchev–Trinajstić information content (AvgIpc) is 2.99. The molecule has 2 amide bonds. The van der Waals surface area contributed by atoms with E-state index in [4.69, 9.17) is 0 Å². The van der Waals surface area contributed by atoms with Crippen molar-refractivity contribution in [2.45, 2.75) is 50.3 Å². The van der Waals surface area contributed by atoms with Gasteiger partial charge in [-0.3, -0.25) is 9.59 Å². The second-order valence-corrected chi connectivity index (χ2v) is 11.8. The van der Waals surface area contributed by atoms with Crippen LogP contribution in [0.4, 0.5) is 5.69 Å². The molecule has 1 fully saturated rings. The molecule has 1 saturated heterocycles. The molecule has 0 aromatic heterocycles. The van der Waals surface area contributed by atoms with Crippen LogP contribution in [0.5, 0.6) is 0 Å². The van der Waals surface area contributed by atoms with Crippen LogP contribution in [0, 0.1) is 12.8 Å². The molecule has 2 heterocycles. The lowest BCUT2D eigenvalue weighted by Crippen LogP contribution is -2.45. The van der Waals surface area contributed by atoms with E-state index in [1.165, 1.54) is 9.87 Å². The Morgan fingerprint density at radius 3 is 2.68 bits per heavy atom. The first kappa shape index (κ1) is 24.4. The smallest absolute Gasteiger partial charge is 0.243 e. The molecule has 2 aromatic carbocycles. The fourth-order valence-corrected chi connectivity index (χ4v) is 6.53. The Labute approximate surface area is 202 Å². The van der Waals surface area contributed by atoms with Gasteiger partial charge in [0.15, 0.2) is 0 Å². The van der Waals surface area contributed by atoms with Gasteiger partial charge in [-0.15, -0.1) is 0 Å². The van der Waals surface area contributed by atoms with Crippen molar-refractivity contribution >= 4 is 27.5 Å². The van der Waals surface area contributed by atoms with Gasteiger partial charge in [-0.2, -0.15) is 4.31 Å². The first-order chi connectivity index (χ1) is 16.0. The summed E-state index contributed by atoms with van der Waals surface area (Å²) in [5, 5.41) is 2.98. The number of carbonyl (C=O) groups is 2. The highest BCUT2D eigenvalue weighted by atomic mass is 32.2. The third kappa shape index (κ3) is 4.49. The summed E-state index contributed by atoms with van der Waals surface area (Å²) >= 11 is 0. The number of hydrogen-bond donors (Lipinski definition) is 1. The summed E-state index contributed by atoms with van der Waals surface area (Å²) < 4.78 is 28.3. The fourth-order valence-electron chi connectivity index (χ4n) is 4.98. The van der Waals surface area contributed by atoms with Crippen LogP contribution in [-0.4, -0.2) is 51.2 Å². The summed E-state index contributed by atoms with van der Waals surface area (Å²) in [6.07, 6.45) is 2.03. The zero-order valence-electron chi connectivity index (χ0n) is 20.3. The monoisotopic (exact) mass is 483 g/mol. The molecule has 1 atom stereocenters.